The zero-order chi connectivity index (χ0) is 31.8. The molecule has 11 nitrogen and oxygen atoms in total. The number of nitrogens with one attached hydrogen (secondary N) is 3. The van der Waals surface area contributed by atoms with Crippen molar-refractivity contribution in [1.29, 1.82) is 0 Å². The van der Waals surface area contributed by atoms with Gasteiger partial charge in [-0.3, -0.25) is 9.78 Å². The minimum atomic E-state index is -5.45. The number of carbonyl (C=O) groups is 3. The van der Waals surface area contributed by atoms with Gasteiger partial charge in [-0.1, -0.05) is 18.2 Å². The Hall–Kier alpha value is -4.15. The van der Waals surface area contributed by atoms with E-state index in [-0.39, 0.29) is 29.8 Å². The number of benzene rings is 2. The Morgan fingerprint density at radius 1 is 1.12 bits per heavy atom. The lowest BCUT2D eigenvalue weighted by atomic mass is 10.1. The normalized spacial score (nSPS) is 12.4. The molecular weight excluding hydrogens is 613 g/mol. The van der Waals surface area contributed by atoms with Crippen molar-refractivity contribution in [1.82, 2.24) is 15.0 Å². The number of nitrogens with zero attached hydrogens (tertiary/aromatic N) is 1. The average molecular weight is 641 g/mol. The second-order valence-corrected chi connectivity index (χ2v) is 11.4. The molecule has 0 aliphatic carbocycles. The van der Waals surface area contributed by atoms with Crippen molar-refractivity contribution in [3.63, 3.8) is 0 Å². The van der Waals surface area contributed by atoms with Crippen molar-refractivity contribution in [2.75, 3.05) is 11.9 Å². The van der Waals surface area contributed by atoms with Crippen molar-refractivity contribution < 1.29 is 45.4 Å². The Labute approximate surface area is 250 Å². The summed E-state index contributed by atoms with van der Waals surface area (Å²) in [5.74, 6) is -4.70. The fraction of sp³-hybridized carbons (Fsp3) is 0.296. The van der Waals surface area contributed by atoms with E-state index in [1.807, 2.05) is 42.8 Å². The van der Waals surface area contributed by atoms with E-state index in [0.29, 0.717) is 12.1 Å². The van der Waals surface area contributed by atoms with Gasteiger partial charge in [0.25, 0.3) is 0 Å². The minimum Gasteiger partial charge on any atom is -0.492 e. The molecule has 1 heterocycles. The van der Waals surface area contributed by atoms with Gasteiger partial charge < -0.3 is 24.9 Å². The average Bonchev–Trinajstić information content (AvgIpc) is 2.91. The lowest BCUT2D eigenvalue weighted by Crippen LogP contribution is -2.39. The summed E-state index contributed by atoms with van der Waals surface area (Å²) in [5, 5.41) is 7.02. The first kappa shape index (κ1) is 33.4. The maximum atomic E-state index is 13.3. The number of ether oxygens (including phenoxy) is 2. The molecule has 0 amide bonds. The molecule has 3 N–H and O–H groups in total. The zero-order valence-electron chi connectivity index (χ0n) is 22.8. The number of hydrogen-bond donors (Lipinski definition) is 3. The third-order valence-electron chi connectivity index (χ3n) is 5.57. The molecular formula is C27H27F3N4O7S2. The quantitative estimate of drug-likeness (QED) is 0.116. The highest BCUT2D eigenvalue weighted by Gasteiger charge is 2.42. The molecule has 0 saturated heterocycles. The van der Waals surface area contributed by atoms with Crippen molar-refractivity contribution >= 4 is 62.2 Å². The number of thiocarbonyl (C=S) groups is 1. The Kier molecular flexibility index (Phi) is 11.1. The van der Waals surface area contributed by atoms with Gasteiger partial charge in [0.2, 0.25) is 10.0 Å². The molecule has 43 heavy (non-hydrogen) atoms. The number of hydrogen-bond acceptors (Lipinski definition) is 9. The predicted molar refractivity (Wildman–Crippen MR) is 154 cm³/mol. The number of carbonyl (C=O) groups excluding carboxylic acids is 3. The van der Waals surface area contributed by atoms with E-state index in [1.165, 1.54) is 12.1 Å². The highest BCUT2D eigenvalue weighted by atomic mass is 32.2. The summed E-state index contributed by atoms with van der Waals surface area (Å²) >= 11 is 5.25. The molecule has 0 aliphatic rings. The van der Waals surface area contributed by atoms with Crippen LogP contribution in [0.5, 0.6) is 5.75 Å². The molecule has 3 rings (SSSR count). The van der Waals surface area contributed by atoms with Gasteiger partial charge in [-0.25, -0.2) is 17.9 Å². The topological polar surface area (TPSA) is 153 Å². The number of halogens is 3. The number of aldehydes is 1. The van der Waals surface area contributed by atoms with Crippen LogP contribution in [0.2, 0.25) is 0 Å². The van der Waals surface area contributed by atoms with Gasteiger partial charge in [0.1, 0.15) is 16.9 Å². The number of sulfonamides is 1. The number of fused-ring (bicyclic) bond motifs is 1. The second-order valence-electron chi connectivity index (χ2n) is 9.33. The Morgan fingerprint density at radius 2 is 1.86 bits per heavy atom. The lowest BCUT2D eigenvalue weighted by molar-refractivity contribution is -0.202. The Balaban J connectivity index is 1.84. The van der Waals surface area contributed by atoms with Crippen molar-refractivity contribution in [3.05, 3.63) is 60.3 Å². The van der Waals surface area contributed by atoms with Gasteiger partial charge >= 0.3 is 18.1 Å². The van der Waals surface area contributed by atoms with E-state index in [4.69, 9.17) is 17.0 Å². The SMILES string of the molecule is CC(C)NC(=S)Nc1ccc(S(=O)(=O)NC(C=O)CC(=O)OC(=O)C(F)(F)F)c(OCCc2cccc3ncccc23)c1. The third-order valence-corrected chi connectivity index (χ3v) is 7.32. The number of aromatic nitrogens is 1. The maximum Gasteiger partial charge on any atom is 0.491 e. The minimum absolute atomic E-state index is 0.00754. The van der Waals surface area contributed by atoms with Crippen LogP contribution in [0.3, 0.4) is 0 Å². The Bertz CT molecular complexity index is 1610. The number of anilines is 1. The van der Waals surface area contributed by atoms with Crippen molar-refractivity contribution in [3.8, 4) is 5.75 Å². The molecule has 0 aliphatic heterocycles. The van der Waals surface area contributed by atoms with Crippen LogP contribution in [0.15, 0.2) is 59.6 Å². The fourth-order valence-electron chi connectivity index (χ4n) is 3.77. The molecule has 0 radical (unpaired) electrons. The van der Waals surface area contributed by atoms with Gasteiger partial charge in [0.05, 0.1) is 24.6 Å². The fourth-order valence-corrected chi connectivity index (χ4v) is 5.42. The number of esters is 2. The number of alkyl halides is 3. The first-order valence-electron chi connectivity index (χ1n) is 12.7. The van der Waals surface area contributed by atoms with Crippen LogP contribution in [0.4, 0.5) is 18.9 Å². The summed E-state index contributed by atoms with van der Waals surface area (Å²) in [6.45, 7) is 3.74. The smallest absolute Gasteiger partial charge is 0.491 e. The first-order chi connectivity index (χ1) is 20.2. The largest absolute Gasteiger partial charge is 0.492 e. The molecule has 1 unspecified atom stereocenters. The summed E-state index contributed by atoms with van der Waals surface area (Å²) in [4.78, 5) is 38.0. The highest BCUT2D eigenvalue weighted by Crippen LogP contribution is 2.29. The number of rotatable bonds is 12. The molecule has 16 heteroatoms. The van der Waals surface area contributed by atoms with Crippen molar-refractivity contribution in [2.24, 2.45) is 0 Å². The summed E-state index contributed by atoms with van der Waals surface area (Å²) < 4.78 is 75.1. The predicted octanol–water partition coefficient (Wildman–Crippen LogP) is 3.42. The van der Waals surface area contributed by atoms with E-state index in [9.17, 15) is 36.0 Å². The molecule has 2 aromatic carbocycles. The van der Waals surface area contributed by atoms with Crippen LogP contribution in [0.1, 0.15) is 25.8 Å². The highest BCUT2D eigenvalue weighted by molar-refractivity contribution is 7.89. The number of pyridine rings is 1. The third kappa shape index (κ3) is 9.69. The van der Waals surface area contributed by atoms with Crippen LogP contribution in [-0.2, 0) is 35.6 Å². The monoisotopic (exact) mass is 640 g/mol. The van der Waals surface area contributed by atoms with E-state index in [1.54, 1.807) is 12.3 Å². The molecule has 0 spiro atoms. The van der Waals surface area contributed by atoms with E-state index >= 15 is 0 Å². The van der Waals surface area contributed by atoms with Gasteiger partial charge in [-0.15, -0.1) is 0 Å². The second kappa shape index (κ2) is 14.3. The van der Waals surface area contributed by atoms with Gasteiger partial charge in [0, 0.05) is 35.8 Å². The van der Waals surface area contributed by atoms with Gasteiger partial charge in [0.15, 0.2) is 5.11 Å². The van der Waals surface area contributed by atoms with Crippen LogP contribution in [-0.4, -0.2) is 61.6 Å². The zero-order valence-corrected chi connectivity index (χ0v) is 24.4. The maximum absolute atomic E-state index is 13.3. The standard InChI is InChI=1S/C27H27F3N4O7S2/c1-16(2)32-26(42)33-18-8-9-23(43(38,39)34-19(15-35)14-24(36)41-25(37)27(28,29)30)22(13-18)40-12-10-17-5-3-7-21-20(17)6-4-11-31-21/h3-9,11,13,15-16,19,34H,10,12,14H2,1-2H3,(H2,32,33,42). The molecule has 230 valence electrons. The molecule has 1 aromatic heterocycles. The van der Waals surface area contributed by atoms with Crippen LogP contribution in [0.25, 0.3) is 10.9 Å². The molecule has 1 atom stereocenters. The lowest BCUT2D eigenvalue weighted by Gasteiger charge is -2.18. The summed E-state index contributed by atoms with van der Waals surface area (Å²) in [7, 11) is -4.61. The van der Waals surface area contributed by atoms with E-state index < -0.39 is 45.5 Å². The molecule has 0 fully saturated rings. The van der Waals surface area contributed by atoms with Crippen molar-refractivity contribution in [2.45, 2.75) is 49.8 Å². The first-order valence-corrected chi connectivity index (χ1v) is 14.5. The van der Waals surface area contributed by atoms with Crippen LogP contribution in [0, 0.1) is 0 Å². The Morgan fingerprint density at radius 3 is 2.53 bits per heavy atom. The van der Waals surface area contributed by atoms with Gasteiger partial charge in [-0.2, -0.15) is 13.2 Å². The van der Waals surface area contributed by atoms with Crippen LogP contribution < -0.4 is 20.1 Å². The van der Waals surface area contributed by atoms with Crippen LogP contribution >= 0.6 is 12.2 Å². The summed E-state index contributed by atoms with van der Waals surface area (Å²) in [5.41, 5.74) is 2.01. The summed E-state index contributed by atoms with van der Waals surface area (Å²) in [6.07, 6.45) is -4.63. The van der Waals surface area contributed by atoms with Gasteiger partial charge in [-0.05, 0) is 55.9 Å². The van der Waals surface area contributed by atoms with E-state index in [2.05, 4.69) is 20.4 Å². The summed E-state index contributed by atoms with van der Waals surface area (Å²) in [6, 6.07) is 11.3. The molecule has 0 bridgehead atoms. The molecule has 3 aromatic rings. The van der Waals surface area contributed by atoms with E-state index in [0.717, 1.165) is 22.5 Å². The molecule has 0 saturated carbocycles.